The summed E-state index contributed by atoms with van der Waals surface area (Å²) in [4.78, 5) is 7.77. The van der Waals surface area contributed by atoms with Crippen LogP contribution in [0, 0.1) is 12.3 Å². The Kier molecular flexibility index (Phi) is 2.54. The van der Waals surface area contributed by atoms with E-state index in [1.807, 2.05) is 6.20 Å². The van der Waals surface area contributed by atoms with Gasteiger partial charge in [-0.2, -0.15) is 0 Å². The molecule has 4 heteroatoms. The van der Waals surface area contributed by atoms with Crippen LogP contribution in [0.15, 0.2) is 6.20 Å². The van der Waals surface area contributed by atoms with E-state index < -0.39 is 0 Å². The molecule has 1 aliphatic rings. The molecule has 0 amide bonds. The molecule has 2 heterocycles. The summed E-state index contributed by atoms with van der Waals surface area (Å²) in [5.74, 6) is 0.769. The van der Waals surface area contributed by atoms with Crippen molar-refractivity contribution in [3.8, 4) is 0 Å². The summed E-state index contributed by atoms with van der Waals surface area (Å²) >= 11 is 1.74. The predicted molar refractivity (Wildman–Crippen MR) is 58.9 cm³/mol. The Morgan fingerprint density at radius 1 is 1.64 bits per heavy atom. The van der Waals surface area contributed by atoms with Crippen molar-refractivity contribution in [1.82, 2.24) is 9.88 Å². The molecule has 0 radical (unpaired) electrons. The number of hydrogen-bond acceptors (Lipinski definition) is 3. The monoisotopic (exact) mass is 209 g/mol. The standard InChI is InChI=1S/C10H15N3S/c1-7-6-12-10(14-7)8(2)13-5-3-4-9(13)11/h6,8,11H,3-5H2,1-2H3. The highest BCUT2D eigenvalue weighted by molar-refractivity contribution is 7.11. The van der Waals surface area contributed by atoms with E-state index in [1.54, 1.807) is 11.3 Å². The summed E-state index contributed by atoms with van der Waals surface area (Å²) in [5.41, 5.74) is 0. The Bertz CT molecular complexity index is 345. The van der Waals surface area contributed by atoms with Crippen molar-refractivity contribution in [3.05, 3.63) is 16.1 Å². The molecule has 1 unspecified atom stereocenters. The minimum atomic E-state index is 0.281. The molecule has 1 saturated heterocycles. The third-order valence-electron chi connectivity index (χ3n) is 2.62. The number of rotatable bonds is 2. The van der Waals surface area contributed by atoms with Crippen molar-refractivity contribution in [2.45, 2.75) is 32.7 Å². The van der Waals surface area contributed by atoms with Crippen molar-refractivity contribution >= 4 is 17.2 Å². The van der Waals surface area contributed by atoms with Gasteiger partial charge in [0.2, 0.25) is 0 Å². The van der Waals surface area contributed by atoms with Gasteiger partial charge in [-0.1, -0.05) is 0 Å². The maximum atomic E-state index is 7.80. The molecule has 76 valence electrons. The lowest BCUT2D eigenvalue weighted by Crippen LogP contribution is -2.27. The zero-order chi connectivity index (χ0) is 10.1. The third kappa shape index (κ3) is 1.66. The van der Waals surface area contributed by atoms with Gasteiger partial charge in [-0.05, 0) is 20.3 Å². The van der Waals surface area contributed by atoms with E-state index >= 15 is 0 Å². The molecule has 0 aliphatic carbocycles. The molecule has 2 rings (SSSR count). The zero-order valence-corrected chi connectivity index (χ0v) is 9.40. The number of thiazole rings is 1. The number of nitrogens with one attached hydrogen (secondary N) is 1. The number of aromatic nitrogens is 1. The van der Waals surface area contributed by atoms with Gasteiger partial charge in [0.05, 0.1) is 11.9 Å². The quantitative estimate of drug-likeness (QED) is 0.813. The lowest BCUT2D eigenvalue weighted by molar-refractivity contribution is 0.361. The van der Waals surface area contributed by atoms with Crippen molar-refractivity contribution < 1.29 is 0 Å². The highest BCUT2D eigenvalue weighted by atomic mass is 32.1. The number of aryl methyl sites for hydroxylation is 1. The van der Waals surface area contributed by atoms with Gasteiger partial charge in [0.1, 0.15) is 5.01 Å². The predicted octanol–water partition coefficient (Wildman–Crippen LogP) is 2.59. The van der Waals surface area contributed by atoms with Gasteiger partial charge in [0.25, 0.3) is 0 Å². The number of likely N-dealkylation sites (tertiary alicyclic amines) is 1. The van der Waals surface area contributed by atoms with Crippen LogP contribution in [0.4, 0.5) is 0 Å². The average molecular weight is 209 g/mol. The van der Waals surface area contributed by atoms with Crippen molar-refractivity contribution in [2.75, 3.05) is 6.54 Å². The molecule has 1 aromatic heterocycles. The van der Waals surface area contributed by atoms with Crippen LogP contribution in [0.3, 0.4) is 0 Å². The second kappa shape index (κ2) is 3.69. The molecule has 0 aromatic carbocycles. The molecule has 0 spiro atoms. The normalized spacial score (nSPS) is 19.0. The molecule has 0 saturated carbocycles. The van der Waals surface area contributed by atoms with Crippen LogP contribution in [0.5, 0.6) is 0 Å². The lowest BCUT2D eigenvalue weighted by atomic mass is 10.3. The van der Waals surface area contributed by atoms with Crippen molar-refractivity contribution in [2.24, 2.45) is 0 Å². The van der Waals surface area contributed by atoms with Crippen molar-refractivity contribution in [3.63, 3.8) is 0 Å². The molecule has 14 heavy (non-hydrogen) atoms. The summed E-state index contributed by atoms with van der Waals surface area (Å²) in [5, 5.41) is 8.93. The molecular formula is C10H15N3S. The molecule has 3 nitrogen and oxygen atoms in total. The molecule has 0 bridgehead atoms. The van der Waals surface area contributed by atoms with Crippen LogP contribution >= 0.6 is 11.3 Å². The third-order valence-corrected chi connectivity index (χ3v) is 3.71. The summed E-state index contributed by atoms with van der Waals surface area (Å²) in [6, 6.07) is 0.281. The fraction of sp³-hybridized carbons (Fsp3) is 0.600. The Balaban J connectivity index is 2.15. The Morgan fingerprint density at radius 3 is 2.93 bits per heavy atom. The Labute approximate surface area is 88.3 Å². The van der Waals surface area contributed by atoms with Gasteiger partial charge in [-0.3, -0.25) is 5.41 Å². The van der Waals surface area contributed by atoms with Crippen LogP contribution in [0.25, 0.3) is 0 Å². The first-order valence-corrected chi connectivity index (χ1v) is 5.76. The van der Waals surface area contributed by atoms with E-state index in [2.05, 4.69) is 23.7 Å². The summed E-state index contributed by atoms with van der Waals surface area (Å²) in [7, 11) is 0. The number of amidine groups is 1. The second-order valence-corrected chi connectivity index (χ2v) is 5.00. The minimum Gasteiger partial charge on any atom is -0.351 e. The Hall–Kier alpha value is -0.900. The van der Waals surface area contributed by atoms with Gasteiger partial charge in [0, 0.05) is 24.0 Å². The fourth-order valence-corrected chi connectivity index (χ4v) is 2.66. The van der Waals surface area contributed by atoms with Crippen LogP contribution < -0.4 is 0 Å². The van der Waals surface area contributed by atoms with E-state index in [0.29, 0.717) is 0 Å². The summed E-state index contributed by atoms with van der Waals surface area (Å²) in [6.07, 6.45) is 3.96. The summed E-state index contributed by atoms with van der Waals surface area (Å²) < 4.78 is 0. The van der Waals surface area contributed by atoms with E-state index in [4.69, 9.17) is 5.41 Å². The van der Waals surface area contributed by atoms with Gasteiger partial charge >= 0.3 is 0 Å². The molecule has 1 N–H and O–H groups in total. The second-order valence-electron chi connectivity index (χ2n) is 3.73. The lowest BCUT2D eigenvalue weighted by Gasteiger charge is -2.24. The molecule has 1 aliphatic heterocycles. The van der Waals surface area contributed by atoms with Gasteiger partial charge in [-0.25, -0.2) is 4.98 Å². The van der Waals surface area contributed by atoms with Crippen LogP contribution in [0.2, 0.25) is 0 Å². The first-order valence-electron chi connectivity index (χ1n) is 4.95. The highest BCUT2D eigenvalue weighted by Gasteiger charge is 2.24. The van der Waals surface area contributed by atoms with Crippen molar-refractivity contribution in [1.29, 1.82) is 5.41 Å². The topological polar surface area (TPSA) is 40.0 Å². The maximum Gasteiger partial charge on any atom is 0.115 e. The molecule has 1 atom stereocenters. The molecule has 1 aromatic rings. The highest BCUT2D eigenvalue weighted by Crippen LogP contribution is 2.28. The van der Waals surface area contributed by atoms with Crippen LogP contribution in [-0.4, -0.2) is 22.3 Å². The maximum absolute atomic E-state index is 7.80. The average Bonchev–Trinajstić information content (AvgIpc) is 2.73. The largest absolute Gasteiger partial charge is 0.351 e. The minimum absolute atomic E-state index is 0.281. The van der Waals surface area contributed by atoms with E-state index in [0.717, 1.165) is 30.2 Å². The van der Waals surface area contributed by atoms with Gasteiger partial charge in [0.15, 0.2) is 0 Å². The first kappa shape index (κ1) is 9.65. The Morgan fingerprint density at radius 2 is 2.43 bits per heavy atom. The van der Waals surface area contributed by atoms with Gasteiger partial charge < -0.3 is 4.90 Å². The van der Waals surface area contributed by atoms with Crippen LogP contribution in [-0.2, 0) is 0 Å². The zero-order valence-electron chi connectivity index (χ0n) is 8.58. The van der Waals surface area contributed by atoms with E-state index in [-0.39, 0.29) is 6.04 Å². The van der Waals surface area contributed by atoms with E-state index in [9.17, 15) is 0 Å². The molecular weight excluding hydrogens is 194 g/mol. The smallest absolute Gasteiger partial charge is 0.115 e. The first-order chi connectivity index (χ1) is 6.68. The van der Waals surface area contributed by atoms with Crippen LogP contribution in [0.1, 0.15) is 35.7 Å². The number of nitrogens with zero attached hydrogens (tertiary/aromatic N) is 2. The van der Waals surface area contributed by atoms with E-state index in [1.165, 1.54) is 4.88 Å². The SMILES string of the molecule is Cc1cnc(C(C)N2CCCC2=N)s1. The molecule has 1 fully saturated rings. The fourth-order valence-electron chi connectivity index (χ4n) is 1.82. The van der Waals surface area contributed by atoms with Gasteiger partial charge in [-0.15, -0.1) is 11.3 Å². The summed E-state index contributed by atoms with van der Waals surface area (Å²) in [6.45, 7) is 5.22. The number of hydrogen-bond donors (Lipinski definition) is 1.